The number of furan rings is 1. The van der Waals surface area contributed by atoms with Crippen LogP contribution in [0.2, 0.25) is 0 Å². The van der Waals surface area contributed by atoms with Gasteiger partial charge in [0.1, 0.15) is 0 Å². The molecule has 3 aromatic rings. The van der Waals surface area contributed by atoms with Crippen molar-refractivity contribution in [1.82, 2.24) is 25.3 Å². The molecule has 0 unspecified atom stereocenters. The van der Waals surface area contributed by atoms with Crippen molar-refractivity contribution < 1.29 is 13.7 Å². The molecule has 1 aliphatic rings. The first-order valence-corrected chi connectivity index (χ1v) is 8.83. The Morgan fingerprint density at radius 2 is 1.93 bits per heavy atom. The van der Waals surface area contributed by atoms with Gasteiger partial charge in [-0.25, -0.2) is 9.97 Å². The van der Waals surface area contributed by atoms with Crippen LogP contribution in [0.15, 0.2) is 51.9 Å². The van der Waals surface area contributed by atoms with E-state index in [2.05, 4.69) is 30.2 Å². The highest BCUT2D eigenvalue weighted by Gasteiger charge is 2.19. The third-order valence-electron chi connectivity index (χ3n) is 4.43. The highest BCUT2D eigenvalue weighted by Crippen LogP contribution is 2.20. The van der Waals surface area contributed by atoms with E-state index in [1.165, 1.54) is 0 Å². The summed E-state index contributed by atoms with van der Waals surface area (Å²) in [6, 6.07) is 6.89. The van der Waals surface area contributed by atoms with E-state index in [0.717, 1.165) is 38.7 Å². The predicted molar refractivity (Wildman–Crippen MR) is 97.2 cm³/mol. The van der Waals surface area contributed by atoms with Crippen LogP contribution in [0, 0.1) is 0 Å². The fourth-order valence-corrected chi connectivity index (χ4v) is 2.96. The highest BCUT2D eigenvalue weighted by molar-refractivity contribution is 5.92. The molecule has 140 valence electrons. The largest absolute Gasteiger partial charge is 0.461 e. The van der Waals surface area contributed by atoms with Gasteiger partial charge in [0.15, 0.2) is 11.5 Å². The van der Waals surface area contributed by atoms with E-state index < -0.39 is 0 Å². The van der Waals surface area contributed by atoms with Gasteiger partial charge in [0.25, 0.3) is 5.91 Å². The van der Waals surface area contributed by atoms with Crippen molar-refractivity contribution >= 4 is 11.9 Å². The summed E-state index contributed by atoms with van der Waals surface area (Å²) in [5.74, 6) is 1.49. The maximum Gasteiger partial charge on any atom is 0.273 e. The number of anilines is 1. The summed E-state index contributed by atoms with van der Waals surface area (Å²) in [7, 11) is 0. The second-order valence-corrected chi connectivity index (χ2v) is 6.19. The second-order valence-electron chi connectivity index (χ2n) is 6.19. The minimum absolute atomic E-state index is 0.243. The Labute approximate surface area is 156 Å². The van der Waals surface area contributed by atoms with Gasteiger partial charge >= 0.3 is 0 Å². The molecule has 9 heteroatoms. The van der Waals surface area contributed by atoms with Crippen LogP contribution in [0.5, 0.6) is 0 Å². The number of nitrogens with zero attached hydrogens (tertiary/aromatic N) is 5. The van der Waals surface area contributed by atoms with Crippen molar-refractivity contribution in [3.63, 3.8) is 0 Å². The van der Waals surface area contributed by atoms with Gasteiger partial charge in [0.05, 0.1) is 6.26 Å². The molecule has 3 aromatic heterocycles. The lowest BCUT2D eigenvalue weighted by Gasteiger charge is -2.34. The first-order chi connectivity index (χ1) is 13.3. The number of rotatable bonds is 6. The van der Waals surface area contributed by atoms with Gasteiger partial charge in [-0.05, 0) is 18.2 Å². The first-order valence-electron chi connectivity index (χ1n) is 8.83. The molecule has 0 atom stereocenters. The molecule has 1 saturated heterocycles. The Bertz CT molecular complexity index is 856. The molecule has 1 aliphatic heterocycles. The fourth-order valence-electron chi connectivity index (χ4n) is 2.96. The fraction of sp³-hybridized carbons (Fsp3) is 0.333. The third kappa shape index (κ3) is 4.14. The minimum Gasteiger partial charge on any atom is -0.461 e. The zero-order valence-corrected chi connectivity index (χ0v) is 14.7. The summed E-state index contributed by atoms with van der Waals surface area (Å²) in [5.41, 5.74) is 0.243. The number of aromatic nitrogens is 3. The SMILES string of the molecule is O=C(NCCN1CCN(c2ncccn2)CC1)c1cc(-c2ccco2)on1. The van der Waals surface area contributed by atoms with Crippen LogP contribution >= 0.6 is 0 Å². The number of amides is 1. The molecule has 0 radical (unpaired) electrons. The van der Waals surface area contributed by atoms with Gasteiger partial charge in [-0.15, -0.1) is 0 Å². The van der Waals surface area contributed by atoms with Crippen LogP contribution in [0.1, 0.15) is 10.5 Å². The molecule has 4 rings (SSSR count). The molecule has 1 fully saturated rings. The average Bonchev–Trinajstić information content (AvgIpc) is 3.41. The number of piperazine rings is 1. The van der Waals surface area contributed by atoms with Gasteiger partial charge in [-0.3, -0.25) is 9.69 Å². The number of hydrogen-bond acceptors (Lipinski definition) is 8. The van der Waals surface area contributed by atoms with Gasteiger partial charge in [-0.2, -0.15) is 0 Å². The van der Waals surface area contributed by atoms with Gasteiger partial charge in [-0.1, -0.05) is 5.16 Å². The maximum absolute atomic E-state index is 12.2. The lowest BCUT2D eigenvalue weighted by atomic mass is 10.3. The summed E-state index contributed by atoms with van der Waals surface area (Å²) in [6.45, 7) is 4.87. The molecule has 0 aliphatic carbocycles. The summed E-state index contributed by atoms with van der Waals surface area (Å²) in [5, 5.41) is 6.68. The smallest absolute Gasteiger partial charge is 0.273 e. The molecular formula is C18H20N6O3. The van der Waals surface area contributed by atoms with E-state index in [1.54, 1.807) is 36.9 Å². The van der Waals surface area contributed by atoms with Crippen molar-refractivity contribution in [2.75, 3.05) is 44.2 Å². The molecule has 0 aromatic carbocycles. The molecule has 0 saturated carbocycles. The Morgan fingerprint density at radius 1 is 1.11 bits per heavy atom. The van der Waals surface area contributed by atoms with Crippen LogP contribution in [0.4, 0.5) is 5.95 Å². The molecular weight excluding hydrogens is 348 g/mol. The van der Waals surface area contributed by atoms with Gasteiger partial charge < -0.3 is 19.2 Å². The monoisotopic (exact) mass is 368 g/mol. The van der Waals surface area contributed by atoms with Crippen LogP contribution in [0.25, 0.3) is 11.5 Å². The summed E-state index contributed by atoms with van der Waals surface area (Å²) in [6.07, 6.45) is 5.05. The Morgan fingerprint density at radius 3 is 2.67 bits per heavy atom. The average molecular weight is 368 g/mol. The van der Waals surface area contributed by atoms with E-state index in [-0.39, 0.29) is 11.6 Å². The third-order valence-corrected chi connectivity index (χ3v) is 4.43. The lowest BCUT2D eigenvalue weighted by Crippen LogP contribution is -2.49. The van der Waals surface area contributed by atoms with Crippen LogP contribution < -0.4 is 10.2 Å². The van der Waals surface area contributed by atoms with Gasteiger partial charge in [0, 0.05) is 57.7 Å². The normalized spacial score (nSPS) is 15.0. The molecule has 27 heavy (non-hydrogen) atoms. The van der Waals surface area contributed by atoms with Crippen LogP contribution in [-0.4, -0.2) is 65.2 Å². The highest BCUT2D eigenvalue weighted by atomic mass is 16.5. The van der Waals surface area contributed by atoms with E-state index in [9.17, 15) is 4.79 Å². The van der Waals surface area contributed by atoms with Crippen molar-refractivity contribution in [1.29, 1.82) is 0 Å². The van der Waals surface area contributed by atoms with Crippen molar-refractivity contribution in [2.45, 2.75) is 0 Å². The van der Waals surface area contributed by atoms with E-state index in [4.69, 9.17) is 8.94 Å². The zero-order chi connectivity index (χ0) is 18.5. The van der Waals surface area contributed by atoms with Crippen molar-refractivity contribution in [3.05, 3.63) is 48.6 Å². The molecule has 0 bridgehead atoms. The molecule has 1 N–H and O–H groups in total. The quantitative estimate of drug-likeness (QED) is 0.694. The lowest BCUT2D eigenvalue weighted by molar-refractivity contribution is 0.0939. The standard InChI is InChI=1S/C18H20N6O3/c25-17(14-13-16(27-22-14)15-3-1-12-26-15)19-6-7-23-8-10-24(11-9-23)18-20-4-2-5-21-18/h1-5,12-13H,6-11H2,(H,19,25). The number of nitrogens with one attached hydrogen (secondary N) is 1. The van der Waals surface area contributed by atoms with E-state index >= 15 is 0 Å². The summed E-state index contributed by atoms with van der Waals surface area (Å²) in [4.78, 5) is 25.2. The Kier molecular flexibility index (Phi) is 5.10. The molecule has 0 spiro atoms. The Balaban J connectivity index is 1.21. The number of hydrogen-bond donors (Lipinski definition) is 1. The van der Waals surface area contributed by atoms with Crippen LogP contribution in [-0.2, 0) is 0 Å². The van der Waals surface area contributed by atoms with Crippen molar-refractivity contribution in [3.8, 4) is 11.5 Å². The Hall–Kier alpha value is -3.20. The molecule has 1 amide bonds. The minimum atomic E-state index is -0.257. The molecule has 4 heterocycles. The second kappa shape index (κ2) is 8.00. The molecule has 9 nitrogen and oxygen atoms in total. The van der Waals surface area contributed by atoms with E-state index in [1.807, 2.05) is 6.07 Å². The number of carbonyl (C=O) groups excluding carboxylic acids is 1. The van der Waals surface area contributed by atoms with Crippen molar-refractivity contribution in [2.24, 2.45) is 0 Å². The predicted octanol–water partition coefficient (Wildman–Crippen LogP) is 1.28. The van der Waals surface area contributed by atoms with Gasteiger partial charge in [0.2, 0.25) is 11.7 Å². The number of carbonyl (C=O) groups is 1. The maximum atomic E-state index is 12.2. The zero-order valence-electron chi connectivity index (χ0n) is 14.7. The van der Waals surface area contributed by atoms with E-state index in [0.29, 0.717) is 18.1 Å². The first kappa shape index (κ1) is 17.2. The summed E-state index contributed by atoms with van der Waals surface area (Å²) < 4.78 is 10.4. The topological polar surface area (TPSA) is 101 Å². The summed E-state index contributed by atoms with van der Waals surface area (Å²) >= 11 is 0. The van der Waals surface area contributed by atoms with Crippen LogP contribution in [0.3, 0.4) is 0 Å².